The molecule has 1 aromatic carbocycles. The molecule has 2 amide bonds. The topological polar surface area (TPSA) is 71.2 Å². The van der Waals surface area contributed by atoms with Gasteiger partial charge >= 0.3 is 0 Å². The molecule has 2 atom stereocenters. The number of piperazine rings is 1. The largest absolute Gasteiger partial charge is 0.344 e. The van der Waals surface area contributed by atoms with Crippen molar-refractivity contribution < 1.29 is 9.59 Å². The molecule has 218 valence electrons. The van der Waals surface area contributed by atoms with Gasteiger partial charge in [-0.15, -0.1) is 0 Å². The third kappa shape index (κ3) is 9.15. The number of likely N-dealkylation sites (tertiary alicyclic amines) is 1. The number of likely N-dealkylation sites (N-methyl/N-ethyl adjacent to an activating group) is 1. The molecule has 1 aromatic rings. The third-order valence-corrected chi connectivity index (χ3v) is 8.68. The van der Waals surface area contributed by atoms with Gasteiger partial charge in [0.05, 0.1) is 0 Å². The second kappa shape index (κ2) is 14.8. The Bertz CT molecular complexity index is 907. The number of nitrogens with zero attached hydrogens (tertiary/aromatic N) is 4. The number of hydrazine groups is 1. The summed E-state index contributed by atoms with van der Waals surface area (Å²) in [5.41, 5.74) is 1.00. The maximum Gasteiger partial charge on any atom is 0.245 e. The quantitative estimate of drug-likeness (QED) is 0.458. The molecule has 2 N–H and O–H groups in total. The second-order valence-corrected chi connectivity index (χ2v) is 12.6. The Balaban J connectivity index is 1.38. The van der Waals surface area contributed by atoms with E-state index in [0.29, 0.717) is 29.8 Å². The molecule has 0 bridgehead atoms. The third-order valence-electron chi connectivity index (χ3n) is 8.42. The maximum atomic E-state index is 13.8. The minimum Gasteiger partial charge on any atom is -0.344 e. The van der Waals surface area contributed by atoms with Crippen LogP contribution >= 0.6 is 11.6 Å². The summed E-state index contributed by atoms with van der Waals surface area (Å²) in [7, 11) is 2.19. The summed E-state index contributed by atoms with van der Waals surface area (Å²) in [6, 6.07) is 7.67. The normalized spacial score (nSPS) is 22.8. The summed E-state index contributed by atoms with van der Waals surface area (Å²) in [4.78, 5) is 31.2. The first kappa shape index (κ1) is 30.3. The van der Waals surface area contributed by atoms with Crippen LogP contribution in [0.3, 0.4) is 0 Å². The van der Waals surface area contributed by atoms with E-state index in [2.05, 4.69) is 46.4 Å². The summed E-state index contributed by atoms with van der Waals surface area (Å²) < 4.78 is 0. The zero-order chi connectivity index (χ0) is 27.8. The van der Waals surface area contributed by atoms with Crippen LogP contribution in [0.15, 0.2) is 24.3 Å². The number of nitrogens with one attached hydrogen (secondary N) is 2. The van der Waals surface area contributed by atoms with Crippen molar-refractivity contribution in [3.05, 3.63) is 34.9 Å². The fourth-order valence-corrected chi connectivity index (χ4v) is 6.28. The summed E-state index contributed by atoms with van der Waals surface area (Å²) >= 11 is 6.10. The van der Waals surface area contributed by atoms with Crippen molar-refractivity contribution >= 4 is 23.4 Å². The maximum absolute atomic E-state index is 13.8. The smallest absolute Gasteiger partial charge is 0.245 e. The standard InChI is InChI=1S/C30H49ClN6O2/c1-23(2)22-37(36-18-16-34(3)17-19-36)27-11-14-35(15-12-27)30(39)28(20-24-7-9-25(31)10-8-24)33-29(38)21-26-6-4-5-13-32-26/h7-10,23,26-28,32H,4-6,11-22H2,1-3H3,(H,33,38). The highest BCUT2D eigenvalue weighted by Gasteiger charge is 2.34. The average Bonchev–Trinajstić information content (AvgIpc) is 2.93. The van der Waals surface area contributed by atoms with Gasteiger partial charge in [-0.2, -0.15) is 0 Å². The molecule has 4 rings (SSSR count). The highest BCUT2D eigenvalue weighted by atomic mass is 35.5. The van der Waals surface area contributed by atoms with Gasteiger partial charge < -0.3 is 20.4 Å². The first-order chi connectivity index (χ1) is 18.8. The molecular formula is C30H49ClN6O2. The zero-order valence-electron chi connectivity index (χ0n) is 24.2. The van der Waals surface area contributed by atoms with Gasteiger partial charge in [0.15, 0.2) is 0 Å². The van der Waals surface area contributed by atoms with Crippen LogP contribution in [0.5, 0.6) is 0 Å². The second-order valence-electron chi connectivity index (χ2n) is 12.1. The molecular weight excluding hydrogens is 512 g/mol. The number of benzene rings is 1. The molecule has 0 spiro atoms. The first-order valence-corrected chi connectivity index (χ1v) is 15.4. The minimum atomic E-state index is -0.566. The number of halogens is 1. The molecule has 8 nitrogen and oxygen atoms in total. The molecule has 0 aromatic heterocycles. The number of piperidine rings is 2. The summed E-state index contributed by atoms with van der Waals surface area (Å²) in [6.07, 6.45) is 6.13. The van der Waals surface area contributed by atoms with E-state index < -0.39 is 6.04 Å². The lowest BCUT2D eigenvalue weighted by Crippen LogP contribution is -2.60. The Morgan fingerprint density at radius 2 is 1.72 bits per heavy atom. The van der Waals surface area contributed by atoms with Crippen molar-refractivity contribution in [3.63, 3.8) is 0 Å². The molecule has 3 aliphatic heterocycles. The number of carbonyl (C=O) groups excluding carboxylic acids is 2. The number of hydrogen-bond donors (Lipinski definition) is 2. The van der Waals surface area contributed by atoms with Crippen molar-refractivity contribution in [2.75, 3.05) is 59.4 Å². The van der Waals surface area contributed by atoms with Crippen molar-refractivity contribution in [3.8, 4) is 0 Å². The van der Waals surface area contributed by atoms with Gasteiger partial charge in [-0.05, 0) is 62.9 Å². The molecule has 3 aliphatic rings. The lowest BCUT2D eigenvalue weighted by molar-refractivity contribution is -0.141. The van der Waals surface area contributed by atoms with Crippen LogP contribution in [0, 0.1) is 5.92 Å². The van der Waals surface area contributed by atoms with E-state index in [1.54, 1.807) is 0 Å². The molecule has 3 fully saturated rings. The van der Waals surface area contributed by atoms with Gasteiger partial charge in [0.2, 0.25) is 11.8 Å². The first-order valence-electron chi connectivity index (χ1n) is 15.0. The van der Waals surface area contributed by atoms with Crippen LogP contribution in [0.25, 0.3) is 0 Å². The Morgan fingerprint density at radius 1 is 1.03 bits per heavy atom. The highest BCUT2D eigenvalue weighted by Crippen LogP contribution is 2.22. The lowest BCUT2D eigenvalue weighted by Gasteiger charge is -2.47. The van der Waals surface area contributed by atoms with Crippen LogP contribution in [0.2, 0.25) is 5.02 Å². The molecule has 0 aliphatic carbocycles. The van der Waals surface area contributed by atoms with Crippen LogP contribution in [0.1, 0.15) is 57.9 Å². The Morgan fingerprint density at radius 3 is 2.33 bits per heavy atom. The van der Waals surface area contributed by atoms with Crippen molar-refractivity contribution in [1.29, 1.82) is 0 Å². The highest BCUT2D eigenvalue weighted by molar-refractivity contribution is 6.30. The van der Waals surface area contributed by atoms with E-state index in [4.69, 9.17) is 11.6 Å². The van der Waals surface area contributed by atoms with Gasteiger partial charge in [0, 0.05) is 75.8 Å². The molecule has 3 saturated heterocycles. The van der Waals surface area contributed by atoms with Crippen LogP contribution in [0.4, 0.5) is 0 Å². The Kier molecular flexibility index (Phi) is 11.5. The van der Waals surface area contributed by atoms with E-state index >= 15 is 0 Å². The number of amides is 2. The fourth-order valence-electron chi connectivity index (χ4n) is 6.16. The average molecular weight is 561 g/mol. The van der Waals surface area contributed by atoms with E-state index in [0.717, 1.165) is 90.0 Å². The van der Waals surface area contributed by atoms with Crippen LogP contribution in [-0.2, 0) is 16.0 Å². The number of carbonyl (C=O) groups is 2. The predicted octanol–water partition coefficient (Wildman–Crippen LogP) is 3.01. The predicted molar refractivity (Wildman–Crippen MR) is 158 cm³/mol. The molecule has 2 unspecified atom stereocenters. The van der Waals surface area contributed by atoms with Crippen molar-refractivity contribution in [2.45, 2.75) is 76.9 Å². The van der Waals surface area contributed by atoms with E-state index in [9.17, 15) is 9.59 Å². The van der Waals surface area contributed by atoms with Gasteiger partial charge in [0.25, 0.3) is 0 Å². The zero-order valence-corrected chi connectivity index (χ0v) is 25.0. The molecule has 0 saturated carbocycles. The van der Waals surface area contributed by atoms with Gasteiger partial charge in [-0.3, -0.25) is 9.59 Å². The SMILES string of the molecule is CC(C)CN(C1CCN(C(=O)C(Cc2ccc(Cl)cc2)NC(=O)CC2CCCCN2)CC1)N1CCN(C)CC1. The van der Waals surface area contributed by atoms with Crippen molar-refractivity contribution in [1.82, 2.24) is 30.5 Å². The summed E-state index contributed by atoms with van der Waals surface area (Å²) in [5.74, 6) is 0.570. The van der Waals surface area contributed by atoms with E-state index in [-0.39, 0.29) is 17.9 Å². The van der Waals surface area contributed by atoms with Gasteiger partial charge in [-0.1, -0.05) is 44.0 Å². The molecule has 9 heteroatoms. The van der Waals surface area contributed by atoms with Crippen LogP contribution in [-0.4, -0.2) is 109 Å². The minimum absolute atomic E-state index is 0.0309. The summed E-state index contributed by atoms with van der Waals surface area (Å²) in [6.45, 7) is 12.3. The molecule has 0 radical (unpaired) electrons. The molecule has 39 heavy (non-hydrogen) atoms. The fraction of sp³-hybridized carbons (Fsp3) is 0.733. The van der Waals surface area contributed by atoms with Gasteiger partial charge in [0.1, 0.15) is 6.04 Å². The van der Waals surface area contributed by atoms with Crippen molar-refractivity contribution in [2.24, 2.45) is 5.92 Å². The van der Waals surface area contributed by atoms with E-state index in [1.165, 1.54) is 0 Å². The van der Waals surface area contributed by atoms with Gasteiger partial charge in [-0.25, -0.2) is 10.0 Å². The summed E-state index contributed by atoms with van der Waals surface area (Å²) in [5, 5.41) is 12.4. The molecule has 3 heterocycles. The monoisotopic (exact) mass is 560 g/mol. The van der Waals surface area contributed by atoms with E-state index in [1.807, 2.05) is 29.2 Å². The Hall–Kier alpha value is -1.71. The number of hydrogen-bond acceptors (Lipinski definition) is 6. The lowest BCUT2D eigenvalue weighted by atomic mass is 9.99. The van der Waals surface area contributed by atoms with Crippen LogP contribution < -0.4 is 10.6 Å². The Labute approximate surface area is 240 Å². The number of rotatable bonds is 10.